The van der Waals surface area contributed by atoms with E-state index in [1.807, 2.05) is 12.1 Å². The van der Waals surface area contributed by atoms with Gasteiger partial charge < -0.3 is 23.8 Å². The van der Waals surface area contributed by atoms with Crippen LogP contribution in [0.3, 0.4) is 0 Å². The van der Waals surface area contributed by atoms with Gasteiger partial charge in [-0.2, -0.15) is 5.10 Å². The highest BCUT2D eigenvalue weighted by atomic mass is 32.1. The van der Waals surface area contributed by atoms with Crippen LogP contribution in [0.15, 0.2) is 17.5 Å². The molecule has 1 aromatic carbocycles. The van der Waals surface area contributed by atoms with Gasteiger partial charge >= 0.3 is 0 Å². The molecule has 1 aliphatic heterocycles. The van der Waals surface area contributed by atoms with Crippen molar-refractivity contribution in [3.8, 4) is 22.8 Å². The molecular formula is C26H35N3O4S. The molecule has 2 aliphatic rings. The summed E-state index contributed by atoms with van der Waals surface area (Å²) in [5.41, 5.74) is 5.28. The number of rotatable bonds is 10. The quantitative estimate of drug-likeness (QED) is 0.395. The van der Waals surface area contributed by atoms with Crippen LogP contribution in [-0.4, -0.2) is 57.2 Å². The van der Waals surface area contributed by atoms with E-state index in [1.54, 1.807) is 32.7 Å². The van der Waals surface area contributed by atoms with Crippen LogP contribution < -0.4 is 14.4 Å². The molecule has 3 heterocycles. The zero-order valence-corrected chi connectivity index (χ0v) is 21.5. The van der Waals surface area contributed by atoms with Gasteiger partial charge in [0.15, 0.2) is 0 Å². The van der Waals surface area contributed by atoms with E-state index in [0.717, 1.165) is 79.1 Å². The largest absolute Gasteiger partial charge is 0.496 e. The van der Waals surface area contributed by atoms with Crippen molar-refractivity contribution in [3.63, 3.8) is 0 Å². The number of benzene rings is 1. The Bertz CT molecular complexity index is 1110. The van der Waals surface area contributed by atoms with Crippen molar-refractivity contribution in [2.45, 2.75) is 39.2 Å². The van der Waals surface area contributed by atoms with Gasteiger partial charge in [0.1, 0.15) is 16.3 Å². The summed E-state index contributed by atoms with van der Waals surface area (Å²) in [4.78, 5) is 3.80. The van der Waals surface area contributed by atoms with E-state index in [1.165, 1.54) is 23.4 Å². The Morgan fingerprint density at radius 2 is 1.68 bits per heavy atom. The van der Waals surface area contributed by atoms with Gasteiger partial charge in [-0.15, -0.1) is 11.3 Å². The number of anilines is 1. The Hall–Kier alpha value is -2.29. The number of hydrogen-bond acceptors (Lipinski definition) is 7. The summed E-state index contributed by atoms with van der Waals surface area (Å²) < 4.78 is 24.6. The van der Waals surface area contributed by atoms with Gasteiger partial charge in [0.2, 0.25) is 0 Å². The number of ether oxygens (including phenoxy) is 4. The lowest BCUT2D eigenvalue weighted by atomic mass is 9.99. The molecule has 184 valence electrons. The number of thiazole rings is 1. The van der Waals surface area contributed by atoms with Crippen LogP contribution in [0.1, 0.15) is 36.9 Å². The van der Waals surface area contributed by atoms with E-state index in [9.17, 15) is 0 Å². The molecule has 3 aromatic rings. The second-order valence-corrected chi connectivity index (χ2v) is 10.3. The number of aromatic nitrogens is 2. The number of fused-ring (bicyclic) bond motifs is 1. The molecule has 7 nitrogen and oxygen atoms in total. The van der Waals surface area contributed by atoms with E-state index < -0.39 is 0 Å². The number of nitrogens with zero attached hydrogens (tertiary/aromatic N) is 3. The van der Waals surface area contributed by atoms with Gasteiger partial charge in [-0.3, -0.25) is 0 Å². The number of hydrogen-bond donors (Lipinski definition) is 0. The summed E-state index contributed by atoms with van der Waals surface area (Å²) in [6.45, 7) is 6.59. The van der Waals surface area contributed by atoms with Crippen molar-refractivity contribution in [1.82, 2.24) is 9.61 Å². The summed E-state index contributed by atoms with van der Waals surface area (Å²) in [6.07, 6.45) is 4.96. The lowest BCUT2D eigenvalue weighted by molar-refractivity contribution is 0.0682. The predicted molar refractivity (Wildman–Crippen MR) is 136 cm³/mol. The van der Waals surface area contributed by atoms with Crippen LogP contribution in [0.25, 0.3) is 16.1 Å². The Morgan fingerprint density at radius 1 is 1.03 bits per heavy atom. The Kier molecular flexibility index (Phi) is 6.99. The lowest BCUT2D eigenvalue weighted by Crippen LogP contribution is -2.34. The lowest BCUT2D eigenvalue weighted by Gasteiger charge is -2.31. The minimum atomic E-state index is 0.499. The maximum absolute atomic E-state index is 5.80. The molecule has 2 aromatic heterocycles. The molecule has 1 aliphatic carbocycles. The van der Waals surface area contributed by atoms with Gasteiger partial charge in [0.25, 0.3) is 0 Å². The first-order valence-corrected chi connectivity index (χ1v) is 13.0. The Balaban J connectivity index is 1.56. The van der Waals surface area contributed by atoms with E-state index >= 15 is 0 Å². The molecule has 0 unspecified atom stereocenters. The third-order valence-corrected chi connectivity index (χ3v) is 7.87. The van der Waals surface area contributed by atoms with Crippen LogP contribution >= 0.6 is 11.3 Å². The van der Waals surface area contributed by atoms with E-state index in [2.05, 4.69) is 21.7 Å². The minimum Gasteiger partial charge on any atom is -0.496 e. The van der Waals surface area contributed by atoms with Crippen LogP contribution in [0, 0.1) is 18.8 Å². The van der Waals surface area contributed by atoms with Crippen LogP contribution in [0.4, 0.5) is 5.69 Å². The maximum atomic E-state index is 5.80. The molecule has 0 radical (unpaired) electrons. The van der Waals surface area contributed by atoms with Crippen molar-refractivity contribution < 1.29 is 18.9 Å². The summed E-state index contributed by atoms with van der Waals surface area (Å²) in [5, 5.41) is 7.20. The molecule has 34 heavy (non-hydrogen) atoms. The maximum Gasteiger partial charge on any atom is 0.143 e. The highest BCUT2D eigenvalue weighted by molar-refractivity contribution is 7.16. The van der Waals surface area contributed by atoms with Crippen molar-refractivity contribution in [2.24, 2.45) is 11.8 Å². The van der Waals surface area contributed by atoms with Crippen LogP contribution in [0.2, 0.25) is 0 Å². The summed E-state index contributed by atoms with van der Waals surface area (Å²) >= 11 is 1.75. The molecule has 0 spiro atoms. The summed E-state index contributed by atoms with van der Waals surface area (Å²) in [5.74, 6) is 3.01. The average Bonchev–Trinajstić information content (AvgIpc) is 3.49. The summed E-state index contributed by atoms with van der Waals surface area (Å²) in [6, 6.07) is 4.04. The highest BCUT2D eigenvalue weighted by Crippen LogP contribution is 2.44. The fourth-order valence-corrected chi connectivity index (χ4v) is 6.10. The molecule has 0 bridgehead atoms. The second-order valence-electron chi connectivity index (χ2n) is 9.48. The molecule has 0 atom stereocenters. The minimum absolute atomic E-state index is 0.499. The SMILES string of the molecule is COCc1cc(OC)c(-c2csc3c(N(CC4CCOCC4)CC4CC4)c(C)nn23)c(OC)c1. The van der Waals surface area contributed by atoms with E-state index in [-0.39, 0.29) is 0 Å². The fraction of sp³-hybridized carbons (Fsp3) is 0.577. The smallest absolute Gasteiger partial charge is 0.143 e. The van der Waals surface area contributed by atoms with Crippen molar-refractivity contribution >= 4 is 21.9 Å². The first-order chi connectivity index (χ1) is 16.6. The topological polar surface area (TPSA) is 57.5 Å². The molecule has 2 fully saturated rings. The first kappa shape index (κ1) is 23.5. The van der Waals surface area contributed by atoms with E-state index in [0.29, 0.717) is 12.5 Å². The van der Waals surface area contributed by atoms with Crippen LogP contribution in [-0.2, 0) is 16.1 Å². The third-order valence-electron chi connectivity index (χ3n) is 6.94. The third kappa shape index (κ3) is 4.63. The average molecular weight is 486 g/mol. The van der Waals surface area contributed by atoms with Gasteiger partial charge in [0.05, 0.1) is 43.5 Å². The molecule has 0 amide bonds. The normalized spacial score (nSPS) is 16.8. The van der Waals surface area contributed by atoms with Gasteiger partial charge in [-0.1, -0.05) is 0 Å². The molecular weight excluding hydrogens is 450 g/mol. The molecule has 8 heteroatoms. The van der Waals surface area contributed by atoms with Crippen molar-refractivity contribution in [3.05, 3.63) is 28.8 Å². The summed E-state index contributed by atoms with van der Waals surface area (Å²) in [7, 11) is 5.09. The predicted octanol–water partition coefficient (Wildman–Crippen LogP) is 5.18. The molecule has 1 saturated heterocycles. The molecule has 5 rings (SSSR count). The number of aryl methyl sites for hydroxylation is 1. The zero-order valence-electron chi connectivity index (χ0n) is 20.6. The standard InChI is InChI=1S/C26H35N3O4S/c1-17-25(28(13-18-5-6-18)14-19-7-9-33-10-8-19)26-29(27-17)21(16-34-26)24-22(31-3)11-20(15-30-2)12-23(24)32-4/h11-12,16,18-19H,5-10,13-15H2,1-4H3. The van der Waals surface area contributed by atoms with E-state index in [4.69, 9.17) is 24.0 Å². The van der Waals surface area contributed by atoms with Crippen molar-refractivity contribution in [2.75, 3.05) is 52.5 Å². The second kappa shape index (κ2) is 10.1. The Morgan fingerprint density at radius 3 is 2.26 bits per heavy atom. The molecule has 0 N–H and O–H groups in total. The van der Waals surface area contributed by atoms with Crippen LogP contribution in [0.5, 0.6) is 11.5 Å². The Labute approximate surface area is 205 Å². The first-order valence-electron chi connectivity index (χ1n) is 12.2. The number of methoxy groups -OCH3 is 3. The highest BCUT2D eigenvalue weighted by Gasteiger charge is 2.30. The molecule has 1 saturated carbocycles. The van der Waals surface area contributed by atoms with Crippen molar-refractivity contribution in [1.29, 1.82) is 0 Å². The monoisotopic (exact) mass is 485 g/mol. The van der Waals surface area contributed by atoms with Gasteiger partial charge in [-0.25, -0.2) is 4.52 Å². The fourth-order valence-electron chi connectivity index (χ4n) is 5.04. The zero-order chi connectivity index (χ0) is 23.7. The van der Waals surface area contributed by atoms with Gasteiger partial charge in [-0.05, 0) is 62.1 Å². The van der Waals surface area contributed by atoms with Gasteiger partial charge in [0, 0.05) is 38.8 Å².